The van der Waals surface area contributed by atoms with Crippen LogP contribution in [0, 0.1) is 5.82 Å². The zero-order valence-corrected chi connectivity index (χ0v) is 14.0. The van der Waals surface area contributed by atoms with Gasteiger partial charge in [0.15, 0.2) is 0 Å². The summed E-state index contributed by atoms with van der Waals surface area (Å²) >= 11 is 6.03. The molecule has 126 valence electrons. The van der Waals surface area contributed by atoms with E-state index in [1.54, 1.807) is 23.1 Å². The van der Waals surface area contributed by atoms with E-state index in [9.17, 15) is 9.18 Å². The molecule has 0 bridgehead atoms. The second-order valence-electron chi connectivity index (χ2n) is 5.68. The first-order valence-corrected chi connectivity index (χ1v) is 8.28. The van der Waals surface area contributed by atoms with Crippen LogP contribution in [0.3, 0.4) is 0 Å². The van der Waals surface area contributed by atoms with Gasteiger partial charge in [0.25, 0.3) is 0 Å². The fraction of sp³-hybridized carbons (Fsp3) is 0.278. The number of rotatable bonds is 4. The number of piperazine rings is 1. The number of carbonyl (C=O) groups is 1. The zero-order chi connectivity index (χ0) is 16.9. The standard InChI is InChI=1S/C18H19ClFN3O/c19-14-4-3-5-15(12-14)22-8-10-23(11-9-22)18(24)13-21-17-7-2-1-6-16(17)20/h1-7,12,21H,8-11,13H2. The highest BCUT2D eigenvalue weighted by atomic mass is 35.5. The Morgan fingerprint density at radius 2 is 1.83 bits per heavy atom. The van der Waals surface area contributed by atoms with Gasteiger partial charge in [-0.25, -0.2) is 4.39 Å². The van der Waals surface area contributed by atoms with Crippen molar-refractivity contribution >= 4 is 28.9 Å². The van der Waals surface area contributed by atoms with Crippen molar-refractivity contribution in [3.8, 4) is 0 Å². The van der Waals surface area contributed by atoms with Crippen LogP contribution in [-0.2, 0) is 4.79 Å². The molecule has 0 atom stereocenters. The number of anilines is 2. The van der Waals surface area contributed by atoms with Crippen molar-refractivity contribution in [1.82, 2.24) is 4.90 Å². The largest absolute Gasteiger partial charge is 0.374 e. The van der Waals surface area contributed by atoms with Gasteiger partial charge in [-0.05, 0) is 30.3 Å². The Kier molecular flexibility index (Phi) is 5.20. The van der Waals surface area contributed by atoms with E-state index in [0.717, 1.165) is 18.8 Å². The molecule has 0 saturated carbocycles. The van der Waals surface area contributed by atoms with Gasteiger partial charge in [-0.2, -0.15) is 0 Å². The maximum absolute atomic E-state index is 13.5. The molecule has 4 nitrogen and oxygen atoms in total. The molecule has 1 aliphatic heterocycles. The average Bonchev–Trinajstić information content (AvgIpc) is 2.61. The molecule has 0 spiro atoms. The SMILES string of the molecule is O=C(CNc1ccccc1F)N1CCN(c2cccc(Cl)c2)CC1. The molecule has 1 fully saturated rings. The minimum atomic E-state index is -0.351. The fourth-order valence-electron chi connectivity index (χ4n) is 2.77. The van der Waals surface area contributed by atoms with Crippen molar-refractivity contribution in [1.29, 1.82) is 0 Å². The van der Waals surface area contributed by atoms with Crippen LogP contribution in [0.2, 0.25) is 5.02 Å². The number of carbonyl (C=O) groups excluding carboxylic acids is 1. The minimum absolute atomic E-state index is 0.0241. The lowest BCUT2D eigenvalue weighted by atomic mass is 10.2. The molecule has 1 heterocycles. The van der Waals surface area contributed by atoms with Crippen molar-refractivity contribution in [2.24, 2.45) is 0 Å². The normalized spacial score (nSPS) is 14.6. The summed E-state index contributed by atoms with van der Waals surface area (Å²) in [5, 5.41) is 3.57. The highest BCUT2D eigenvalue weighted by Crippen LogP contribution is 2.21. The van der Waals surface area contributed by atoms with E-state index in [-0.39, 0.29) is 18.3 Å². The van der Waals surface area contributed by atoms with Gasteiger partial charge >= 0.3 is 0 Å². The maximum Gasteiger partial charge on any atom is 0.241 e. The number of halogens is 2. The summed E-state index contributed by atoms with van der Waals surface area (Å²) < 4.78 is 13.5. The smallest absolute Gasteiger partial charge is 0.241 e. The Morgan fingerprint density at radius 1 is 1.08 bits per heavy atom. The predicted octanol–water partition coefficient (Wildman–Crippen LogP) is 3.24. The molecule has 0 aliphatic carbocycles. The van der Waals surface area contributed by atoms with E-state index in [1.165, 1.54) is 6.07 Å². The summed E-state index contributed by atoms with van der Waals surface area (Å²) in [5.41, 5.74) is 1.42. The number of nitrogens with zero attached hydrogens (tertiary/aromatic N) is 2. The molecule has 0 aromatic heterocycles. The molecule has 6 heteroatoms. The first-order chi connectivity index (χ1) is 11.6. The summed E-state index contributed by atoms with van der Waals surface area (Å²) in [6, 6.07) is 14.1. The second-order valence-corrected chi connectivity index (χ2v) is 6.12. The number of amides is 1. The minimum Gasteiger partial charge on any atom is -0.374 e. The molecule has 2 aromatic carbocycles. The third-order valence-corrected chi connectivity index (χ3v) is 4.34. The first kappa shape index (κ1) is 16.6. The average molecular weight is 348 g/mol. The molecule has 1 aliphatic rings. The van der Waals surface area contributed by atoms with Crippen LogP contribution in [0.5, 0.6) is 0 Å². The molecule has 0 unspecified atom stereocenters. The molecule has 0 radical (unpaired) electrons. The van der Waals surface area contributed by atoms with Crippen LogP contribution in [0.1, 0.15) is 0 Å². The van der Waals surface area contributed by atoms with Crippen molar-refractivity contribution < 1.29 is 9.18 Å². The summed E-state index contributed by atoms with van der Waals surface area (Å²) in [7, 11) is 0. The number of nitrogens with one attached hydrogen (secondary N) is 1. The van der Waals surface area contributed by atoms with Gasteiger partial charge in [-0.1, -0.05) is 29.8 Å². The van der Waals surface area contributed by atoms with E-state index in [1.807, 2.05) is 24.3 Å². The van der Waals surface area contributed by atoms with Crippen LogP contribution in [0.15, 0.2) is 48.5 Å². The van der Waals surface area contributed by atoms with E-state index in [2.05, 4.69) is 10.2 Å². The van der Waals surface area contributed by atoms with Crippen molar-refractivity contribution in [3.63, 3.8) is 0 Å². The van der Waals surface area contributed by atoms with Crippen LogP contribution >= 0.6 is 11.6 Å². The van der Waals surface area contributed by atoms with Gasteiger partial charge < -0.3 is 15.1 Å². The third-order valence-electron chi connectivity index (χ3n) is 4.11. The molecule has 2 aromatic rings. The summed E-state index contributed by atoms with van der Waals surface area (Å²) in [5.74, 6) is -0.375. The van der Waals surface area contributed by atoms with E-state index in [0.29, 0.717) is 23.8 Å². The summed E-state index contributed by atoms with van der Waals surface area (Å²) in [6.07, 6.45) is 0. The van der Waals surface area contributed by atoms with Gasteiger partial charge in [-0.15, -0.1) is 0 Å². The number of hydrogen-bond acceptors (Lipinski definition) is 3. The molecule has 1 saturated heterocycles. The highest BCUT2D eigenvalue weighted by molar-refractivity contribution is 6.30. The second kappa shape index (κ2) is 7.53. The summed E-state index contributed by atoms with van der Waals surface area (Å²) in [4.78, 5) is 16.3. The van der Waals surface area contributed by atoms with Crippen LogP contribution < -0.4 is 10.2 Å². The Bertz CT molecular complexity index is 717. The lowest BCUT2D eigenvalue weighted by Gasteiger charge is -2.36. The lowest BCUT2D eigenvalue weighted by Crippen LogP contribution is -2.50. The third kappa shape index (κ3) is 3.97. The molecule has 24 heavy (non-hydrogen) atoms. The van der Waals surface area contributed by atoms with Gasteiger partial charge in [-0.3, -0.25) is 4.79 Å². The number of benzene rings is 2. The van der Waals surface area contributed by atoms with Crippen LogP contribution in [-0.4, -0.2) is 43.5 Å². The van der Waals surface area contributed by atoms with Gasteiger partial charge in [0.1, 0.15) is 5.82 Å². The molecular formula is C18H19ClFN3O. The Balaban J connectivity index is 1.51. The lowest BCUT2D eigenvalue weighted by molar-refractivity contribution is -0.129. The molecule has 1 amide bonds. The van der Waals surface area contributed by atoms with E-state index in [4.69, 9.17) is 11.6 Å². The van der Waals surface area contributed by atoms with E-state index < -0.39 is 0 Å². The quantitative estimate of drug-likeness (QED) is 0.922. The highest BCUT2D eigenvalue weighted by Gasteiger charge is 2.21. The predicted molar refractivity (Wildman–Crippen MR) is 95.1 cm³/mol. The first-order valence-electron chi connectivity index (χ1n) is 7.90. The van der Waals surface area contributed by atoms with Crippen LogP contribution in [0.25, 0.3) is 0 Å². The van der Waals surface area contributed by atoms with E-state index >= 15 is 0 Å². The summed E-state index contributed by atoms with van der Waals surface area (Å²) in [6.45, 7) is 2.89. The fourth-order valence-corrected chi connectivity index (χ4v) is 2.96. The van der Waals surface area contributed by atoms with Crippen molar-refractivity contribution in [2.75, 3.05) is 42.9 Å². The van der Waals surface area contributed by atoms with Gasteiger partial charge in [0, 0.05) is 36.9 Å². The number of hydrogen-bond donors (Lipinski definition) is 1. The van der Waals surface area contributed by atoms with Gasteiger partial charge in [0.05, 0.1) is 12.2 Å². The Hall–Kier alpha value is -2.27. The zero-order valence-electron chi connectivity index (χ0n) is 13.2. The Morgan fingerprint density at radius 3 is 2.54 bits per heavy atom. The van der Waals surface area contributed by atoms with Gasteiger partial charge in [0.2, 0.25) is 5.91 Å². The van der Waals surface area contributed by atoms with Crippen molar-refractivity contribution in [3.05, 3.63) is 59.4 Å². The Labute approximate surface area is 145 Å². The monoisotopic (exact) mass is 347 g/mol. The molecule has 1 N–H and O–H groups in total. The maximum atomic E-state index is 13.5. The van der Waals surface area contributed by atoms with Crippen LogP contribution in [0.4, 0.5) is 15.8 Å². The molecule has 3 rings (SSSR count). The molecular weight excluding hydrogens is 329 g/mol. The van der Waals surface area contributed by atoms with Crippen molar-refractivity contribution in [2.45, 2.75) is 0 Å². The number of para-hydroxylation sites is 1. The topological polar surface area (TPSA) is 35.6 Å².